The molecule has 0 saturated heterocycles. The summed E-state index contributed by atoms with van der Waals surface area (Å²) in [7, 11) is 5.97. The molecule has 0 radical (unpaired) electrons. The molecule has 0 heterocycles. The van der Waals surface area contributed by atoms with Crippen molar-refractivity contribution in [3.8, 4) is 0 Å². The molecule has 0 bridgehead atoms. The van der Waals surface area contributed by atoms with Gasteiger partial charge in [-0.2, -0.15) is 0 Å². The maximum absolute atomic E-state index is 12.9. The molecular formula is C71H124NO8+. The molecule has 1 N–H and O–H groups in total. The molecule has 0 aromatic heterocycles. The first-order valence-electron chi connectivity index (χ1n) is 32.9. The van der Waals surface area contributed by atoms with Crippen molar-refractivity contribution in [3.05, 3.63) is 97.2 Å². The third-order valence-electron chi connectivity index (χ3n) is 14.1. The maximum Gasteiger partial charge on any atom is 0.361 e. The smallest absolute Gasteiger partial charge is 0.361 e. The molecule has 80 heavy (non-hydrogen) atoms. The quantitative estimate of drug-likeness (QED) is 0.0211. The van der Waals surface area contributed by atoms with Crippen LogP contribution < -0.4 is 0 Å². The van der Waals surface area contributed by atoms with Crippen LogP contribution in [-0.4, -0.2) is 87.4 Å². The van der Waals surface area contributed by atoms with E-state index in [-0.39, 0.29) is 32.2 Å². The monoisotopic (exact) mass is 1120 g/mol. The van der Waals surface area contributed by atoms with Crippen molar-refractivity contribution in [2.45, 2.75) is 289 Å². The van der Waals surface area contributed by atoms with Gasteiger partial charge in [0.1, 0.15) is 13.2 Å². The average molecular weight is 1120 g/mol. The molecule has 2 unspecified atom stereocenters. The third-order valence-corrected chi connectivity index (χ3v) is 14.1. The number of quaternary nitrogens is 1. The van der Waals surface area contributed by atoms with Crippen molar-refractivity contribution in [2.75, 3.05) is 47.5 Å². The zero-order chi connectivity index (χ0) is 58.3. The normalized spacial score (nSPS) is 13.4. The molecule has 0 fully saturated rings. The molecule has 0 aliphatic heterocycles. The van der Waals surface area contributed by atoms with Gasteiger partial charge in [-0.3, -0.25) is 9.59 Å². The van der Waals surface area contributed by atoms with Crippen LogP contribution in [0.1, 0.15) is 277 Å². The van der Waals surface area contributed by atoms with Crippen molar-refractivity contribution in [1.29, 1.82) is 0 Å². The van der Waals surface area contributed by atoms with E-state index in [1.165, 1.54) is 148 Å². The predicted octanol–water partition coefficient (Wildman–Crippen LogP) is 20.1. The molecule has 0 aliphatic carbocycles. The van der Waals surface area contributed by atoms with Crippen LogP contribution in [0, 0.1) is 0 Å². The number of aliphatic carboxylic acids is 1. The minimum Gasteiger partial charge on any atom is -0.477 e. The third kappa shape index (κ3) is 61.8. The zero-order valence-corrected chi connectivity index (χ0v) is 52.5. The van der Waals surface area contributed by atoms with Crippen molar-refractivity contribution in [1.82, 2.24) is 0 Å². The van der Waals surface area contributed by atoms with Gasteiger partial charge in [0.25, 0.3) is 6.29 Å². The van der Waals surface area contributed by atoms with E-state index in [0.717, 1.165) is 103 Å². The van der Waals surface area contributed by atoms with Crippen molar-refractivity contribution >= 4 is 17.9 Å². The first kappa shape index (κ1) is 76.2. The summed E-state index contributed by atoms with van der Waals surface area (Å²) < 4.78 is 22.9. The predicted molar refractivity (Wildman–Crippen MR) is 341 cm³/mol. The Kier molecular flexibility index (Phi) is 58.4. The molecule has 0 aromatic rings. The number of carbonyl (C=O) groups is 3. The minimum atomic E-state index is -1.51. The summed E-state index contributed by atoms with van der Waals surface area (Å²) in [6, 6.07) is 0. The van der Waals surface area contributed by atoms with Crippen LogP contribution in [0.2, 0.25) is 0 Å². The number of unbranched alkanes of at least 4 members (excludes halogenated alkanes) is 29. The van der Waals surface area contributed by atoms with Gasteiger partial charge in [0.15, 0.2) is 6.10 Å². The van der Waals surface area contributed by atoms with Crippen LogP contribution in [-0.2, 0) is 33.3 Å². The highest BCUT2D eigenvalue weighted by atomic mass is 16.7. The Morgan fingerprint density at radius 2 is 0.713 bits per heavy atom. The molecular weight excluding hydrogens is 995 g/mol. The lowest BCUT2D eigenvalue weighted by atomic mass is 10.0. The second-order valence-electron chi connectivity index (χ2n) is 23.0. The number of carboxylic acid groups (broad SMARTS) is 1. The van der Waals surface area contributed by atoms with E-state index >= 15 is 0 Å². The fraction of sp³-hybridized carbons (Fsp3) is 0.732. The highest BCUT2D eigenvalue weighted by Crippen LogP contribution is 2.17. The van der Waals surface area contributed by atoms with E-state index in [1.807, 2.05) is 21.1 Å². The molecule has 9 nitrogen and oxygen atoms in total. The summed E-state index contributed by atoms with van der Waals surface area (Å²) in [4.78, 5) is 37.5. The van der Waals surface area contributed by atoms with Gasteiger partial charge in [0.2, 0.25) is 0 Å². The number of likely N-dealkylation sites (N-methyl/N-ethyl adjacent to an activating group) is 1. The van der Waals surface area contributed by atoms with Crippen LogP contribution in [0.15, 0.2) is 97.2 Å². The van der Waals surface area contributed by atoms with Gasteiger partial charge < -0.3 is 28.5 Å². The maximum atomic E-state index is 12.9. The second-order valence-corrected chi connectivity index (χ2v) is 23.0. The Hall–Kier alpha value is -3.79. The van der Waals surface area contributed by atoms with E-state index in [1.54, 1.807) is 0 Å². The number of hydrogen-bond donors (Lipinski definition) is 1. The van der Waals surface area contributed by atoms with E-state index in [2.05, 4.69) is 111 Å². The lowest BCUT2D eigenvalue weighted by Gasteiger charge is -2.25. The van der Waals surface area contributed by atoms with E-state index in [0.29, 0.717) is 17.4 Å². The van der Waals surface area contributed by atoms with Crippen molar-refractivity contribution < 1.29 is 42.9 Å². The van der Waals surface area contributed by atoms with E-state index in [9.17, 15) is 19.5 Å². The summed E-state index contributed by atoms with van der Waals surface area (Å²) in [6.07, 6.45) is 80.8. The van der Waals surface area contributed by atoms with Crippen LogP contribution in [0.25, 0.3) is 0 Å². The Balaban J connectivity index is 4.05. The highest BCUT2D eigenvalue weighted by molar-refractivity contribution is 5.71. The Bertz CT molecular complexity index is 1630. The summed E-state index contributed by atoms with van der Waals surface area (Å²) in [5.41, 5.74) is 0. The minimum absolute atomic E-state index is 0.185. The van der Waals surface area contributed by atoms with Gasteiger partial charge >= 0.3 is 17.9 Å². The van der Waals surface area contributed by atoms with Gasteiger partial charge in [-0.15, -0.1) is 0 Å². The molecule has 0 amide bonds. The summed E-state index contributed by atoms with van der Waals surface area (Å²) in [5.74, 6) is -2.01. The van der Waals surface area contributed by atoms with Crippen LogP contribution in [0.5, 0.6) is 0 Å². The number of nitrogens with zero attached hydrogens (tertiary/aromatic N) is 1. The number of allylic oxidation sites excluding steroid dienone is 16. The largest absolute Gasteiger partial charge is 0.477 e. The molecule has 2 atom stereocenters. The van der Waals surface area contributed by atoms with Gasteiger partial charge in [0.05, 0.1) is 34.4 Å². The number of esters is 2. The lowest BCUT2D eigenvalue weighted by Crippen LogP contribution is -2.40. The standard InChI is InChI=1S/C71H123NO8/c1-6-8-10-12-14-16-18-20-22-24-25-26-27-28-29-30-31-32-33-34-35-36-37-38-39-40-41-42-43-44-45-46-48-50-52-54-56-58-60-62-69(74)80-67(66-79-71(70(75)76)77-64-63-72(3,4)5)65-78-68(73)61-59-57-55-53-51-49-47-23-21-19-17-15-13-11-9-7-2/h8,10,14,16,20,22-23,25-26,28-29,31-32,34-35,47,67,71H,6-7,9,11-13,15,17-19,21,24,27,30,33,36-46,48-66H2,1-5H3/p+1/b10-8-,16-14-,22-20-,26-25-,29-28-,32-31-,35-34-,47-23-. The first-order valence-corrected chi connectivity index (χ1v) is 32.9. The number of rotatable bonds is 60. The number of carbonyl (C=O) groups excluding carboxylic acids is 2. The van der Waals surface area contributed by atoms with Crippen LogP contribution in [0.3, 0.4) is 0 Å². The molecule has 460 valence electrons. The molecule has 0 aliphatic rings. The highest BCUT2D eigenvalue weighted by Gasteiger charge is 2.25. The zero-order valence-electron chi connectivity index (χ0n) is 52.5. The summed E-state index contributed by atoms with van der Waals surface area (Å²) in [5, 5.41) is 9.72. The van der Waals surface area contributed by atoms with Gasteiger partial charge in [-0.05, 0) is 96.3 Å². The Morgan fingerprint density at radius 1 is 0.388 bits per heavy atom. The van der Waals surface area contributed by atoms with Crippen molar-refractivity contribution in [3.63, 3.8) is 0 Å². The fourth-order valence-electron chi connectivity index (χ4n) is 9.05. The molecule has 0 spiro atoms. The molecule has 0 rings (SSSR count). The number of hydrogen-bond acceptors (Lipinski definition) is 7. The Morgan fingerprint density at radius 3 is 1.07 bits per heavy atom. The van der Waals surface area contributed by atoms with Crippen LogP contribution in [0.4, 0.5) is 0 Å². The second kappa shape index (κ2) is 61.3. The van der Waals surface area contributed by atoms with Crippen LogP contribution >= 0.6 is 0 Å². The summed E-state index contributed by atoms with van der Waals surface area (Å²) in [6.45, 7) is 4.77. The average Bonchev–Trinajstić information content (AvgIpc) is 3.43. The van der Waals surface area contributed by atoms with Gasteiger partial charge in [-0.25, -0.2) is 4.79 Å². The lowest BCUT2D eigenvalue weighted by molar-refractivity contribution is -0.870. The molecule has 9 heteroatoms. The molecule has 0 aromatic carbocycles. The number of ether oxygens (including phenoxy) is 4. The topological polar surface area (TPSA) is 108 Å². The Labute approximate surface area is 492 Å². The van der Waals surface area contributed by atoms with E-state index in [4.69, 9.17) is 18.9 Å². The molecule has 0 saturated carbocycles. The number of carboxylic acids is 1. The fourth-order valence-corrected chi connectivity index (χ4v) is 9.05. The van der Waals surface area contributed by atoms with E-state index < -0.39 is 24.3 Å². The van der Waals surface area contributed by atoms with Gasteiger partial charge in [0, 0.05) is 12.8 Å². The SMILES string of the molecule is CC/C=C\C/C=C\C/C=C\C/C=C\C/C=C\C/C=C\C/C=C\CCCCCCCCCCCCCCCCCCCC(=O)OC(COC(=O)CCCCCCC/C=C\CCCCCCCCC)COC(OCC[N+](C)(C)C)C(=O)O. The first-order chi connectivity index (χ1) is 39.1. The van der Waals surface area contributed by atoms with Gasteiger partial charge in [-0.1, -0.05) is 265 Å². The summed E-state index contributed by atoms with van der Waals surface area (Å²) >= 11 is 0. The van der Waals surface area contributed by atoms with Crippen molar-refractivity contribution in [2.24, 2.45) is 0 Å².